The molecule has 2 aliphatic heterocycles. The number of H-pyrrole nitrogens is 1. The van der Waals surface area contributed by atoms with E-state index in [0.29, 0.717) is 32.1 Å². The number of hydrogen-bond acceptors (Lipinski definition) is 2. The molecule has 1 atom stereocenters. The van der Waals surface area contributed by atoms with Gasteiger partial charge in [0.25, 0.3) is 0 Å². The molecule has 6 heteroatoms. The molecule has 5 nitrogen and oxygen atoms in total. The van der Waals surface area contributed by atoms with Crippen molar-refractivity contribution in [3.05, 3.63) is 35.3 Å². The highest BCUT2D eigenvalue weighted by Crippen LogP contribution is 2.32. The van der Waals surface area contributed by atoms with E-state index in [-0.39, 0.29) is 23.5 Å². The molecular weight excluding hydrogens is 345 g/mol. The lowest BCUT2D eigenvalue weighted by Crippen LogP contribution is -2.41. The number of fused-ring (bicyclic) bond motifs is 3. The second-order valence-electron chi connectivity index (χ2n) is 8.17. The Balaban J connectivity index is 1.34. The van der Waals surface area contributed by atoms with Gasteiger partial charge in [-0.3, -0.25) is 9.59 Å². The van der Waals surface area contributed by atoms with Crippen molar-refractivity contribution in [1.82, 2.24) is 14.8 Å². The van der Waals surface area contributed by atoms with Gasteiger partial charge in [-0.2, -0.15) is 0 Å². The van der Waals surface area contributed by atoms with Crippen LogP contribution in [0.3, 0.4) is 0 Å². The van der Waals surface area contributed by atoms with Crippen LogP contribution in [0.15, 0.2) is 18.2 Å². The fourth-order valence-electron chi connectivity index (χ4n) is 5.10. The van der Waals surface area contributed by atoms with Crippen molar-refractivity contribution < 1.29 is 14.0 Å². The van der Waals surface area contributed by atoms with Crippen LogP contribution in [0.1, 0.15) is 43.4 Å². The average Bonchev–Trinajstić information content (AvgIpc) is 3.38. The standard InChI is InChI=1S/C21H24FN3O2/c22-14-5-6-18-16(10-14)17-12-24(8-7-19(17)23-18)21(27)13-9-20(26)25(11-13)15-3-1-2-4-15/h5-6,10,13,15,23H,1-4,7-9,11-12H2. The van der Waals surface area contributed by atoms with Gasteiger partial charge in [0, 0.05) is 60.7 Å². The van der Waals surface area contributed by atoms with Crippen LogP contribution in [0.4, 0.5) is 4.39 Å². The first-order valence-electron chi connectivity index (χ1n) is 9.97. The summed E-state index contributed by atoms with van der Waals surface area (Å²) in [6.45, 7) is 1.70. The second kappa shape index (κ2) is 6.36. The highest BCUT2D eigenvalue weighted by Gasteiger charge is 2.40. The largest absolute Gasteiger partial charge is 0.358 e. The Morgan fingerprint density at radius 1 is 1.22 bits per heavy atom. The van der Waals surface area contributed by atoms with Gasteiger partial charge in [0.2, 0.25) is 11.8 Å². The number of aromatic nitrogens is 1. The van der Waals surface area contributed by atoms with Crippen LogP contribution in [0.5, 0.6) is 0 Å². The van der Waals surface area contributed by atoms with Gasteiger partial charge in [-0.05, 0) is 31.0 Å². The molecule has 0 bridgehead atoms. The topological polar surface area (TPSA) is 56.4 Å². The number of amides is 2. The van der Waals surface area contributed by atoms with E-state index in [2.05, 4.69) is 4.98 Å². The van der Waals surface area contributed by atoms with Gasteiger partial charge < -0.3 is 14.8 Å². The Morgan fingerprint density at radius 3 is 2.85 bits per heavy atom. The number of halogens is 1. The van der Waals surface area contributed by atoms with E-state index in [9.17, 15) is 14.0 Å². The zero-order valence-electron chi connectivity index (χ0n) is 15.3. The third kappa shape index (κ3) is 2.82. The van der Waals surface area contributed by atoms with Crippen molar-refractivity contribution >= 4 is 22.7 Å². The van der Waals surface area contributed by atoms with Crippen molar-refractivity contribution in [3.63, 3.8) is 0 Å². The van der Waals surface area contributed by atoms with Crippen LogP contribution in [0, 0.1) is 11.7 Å². The Hall–Kier alpha value is -2.37. The van der Waals surface area contributed by atoms with E-state index < -0.39 is 0 Å². The molecule has 1 aromatic heterocycles. The van der Waals surface area contributed by atoms with Crippen LogP contribution < -0.4 is 0 Å². The highest BCUT2D eigenvalue weighted by molar-refractivity contribution is 5.90. The molecular formula is C21H24FN3O2. The van der Waals surface area contributed by atoms with Crippen molar-refractivity contribution in [2.75, 3.05) is 13.1 Å². The summed E-state index contributed by atoms with van der Waals surface area (Å²) < 4.78 is 13.7. The van der Waals surface area contributed by atoms with E-state index >= 15 is 0 Å². The summed E-state index contributed by atoms with van der Waals surface area (Å²) in [7, 11) is 0. The molecule has 5 rings (SSSR count). The summed E-state index contributed by atoms with van der Waals surface area (Å²) >= 11 is 0. The molecule has 0 spiro atoms. The molecule has 2 amide bonds. The van der Waals surface area contributed by atoms with Gasteiger partial charge >= 0.3 is 0 Å². The predicted molar refractivity (Wildman–Crippen MR) is 99.5 cm³/mol. The molecule has 142 valence electrons. The first kappa shape index (κ1) is 16.8. The Morgan fingerprint density at radius 2 is 2.04 bits per heavy atom. The normalized spacial score (nSPS) is 23.4. The maximum atomic E-state index is 13.7. The van der Waals surface area contributed by atoms with Crippen LogP contribution in [-0.2, 0) is 22.6 Å². The number of rotatable bonds is 2. The van der Waals surface area contributed by atoms with Gasteiger partial charge in [0.1, 0.15) is 5.82 Å². The number of hydrogen-bond donors (Lipinski definition) is 1. The van der Waals surface area contributed by atoms with Gasteiger partial charge in [-0.15, -0.1) is 0 Å². The first-order chi connectivity index (χ1) is 13.1. The molecule has 1 aromatic carbocycles. The SMILES string of the molecule is O=C(C1CC(=O)N(C2CCCC2)C1)N1CCc2[nH]c3ccc(F)cc3c2C1. The Bertz CT molecular complexity index is 916. The van der Waals surface area contributed by atoms with E-state index in [0.717, 1.165) is 41.4 Å². The second-order valence-corrected chi connectivity index (χ2v) is 8.17. The molecule has 27 heavy (non-hydrogen) atoms. The molecule has 1 saturated carbocycles. The van der Waals surface area contributed by atoms with Crippen molar-refractivity contribution in [3.8, 4) is 0 Å². The number of nitrogens with zero attached hydrogens (tertiary/aromatic N) is 2. The van der Waals surface area contributed by atoms with Gasteiger partial charge in [-0.25, -0.2) is 4.39 Å². The highest BCUT2D eigenvalue weighted by atomic mass is 19.1. The minimum atomic E-state index is -0.263. The van der Waals surface area contributed by atoms with E-state index in [1.807, 2.05) is 9.80 Å². The zero-order valence-corrected chi connectivity index (χ0v) is 15.3. The minimum Gasteiger partial charge on any atom is -0.358 e. The van der Waals surface area contributed by atoms with Crippen molar-refractivity contribution in [2.24, 2.45) is 5.92 Å². The van der Waals surface area contributed by atoms with Crippen LogP contribution >= 0.6 is 0 Å². The fourth-order valence-corrected chi connectivity index (χ4v) is 5.10. The van der Waals surface area contributed by atoms with Crippen molar-refractivity contribution in [2.45, 2.75) is 51.1 Å². The molecule has 1 saturated heterocycles. The van der Waals surface area contributed by atoms with Gasteiger partial charge in [0.15, 0.2) is 0 Å². The molecule has 3 heterocycles. The predicted octanol–water partition coefficient (Wildman–Crippen LogP) is 2.98. The smallest absolute Gasteiger partial charge is 0.228 e. The molecule has 1 N–H and O–H groups in total. The summed E-state index contributed by atoms with van der Waals surface area (Å²) in [6.07, 6.45) is 5.57. The van der Waals surface area contributed by atoms with Crippen molar-refractivity contribution in [1.29, 1.82) is 0 Å². The summed E-state index contributed by atoms with van der Waals surface area (Å²) in [5.74, 6) is -0.296. The maximum absolute atomic E-state index is 13.7. The van der Waals surface area contributed by atoms with Crippen LogP contribution in [-0.4, -0.2) is 45.7 Å². The lowest BCUT2D eigenvalue weighted by molar-refractivity contribution is -0.136. The van der Waals surface area contributed by atoms with E-state index in [4.69, 9.17) is 0 Å². The molecule has 3 aliphatic rings. The number of carbonyl (C=O) groups is 2. The lowest BCUT2D eigenvalue weighted by atomic mass is 10.0. The lowest BCUT2D eigenvalue weighted by Gasteiger charge is -2.30. The van der Waals surface area contributed by atoms with Gasteiger partial charge in [0.05, 0.1) is 5.92 Å². The van der Waals surface area contributed by atoms with Crippen LogP contribution in [0.2, 0.25) is 0 Å². The maximum Gasteiger partial charge on any atom is 0.228 e. The summed E-state index contributed by atoms with van der Waals surface area (Å²) in [4.78, 5) is 32.7. The molecule has 2 fully saturated rings. The summed E-state index contributed by atoms with van der Waals surface area (Å²) in [5.41, 5.74) is 3.02. The fraction of sp³-hybridized carbons (Fsp3) is 0.524. The third-order valence-corrected chi connectivity index (χ3v) is 6.52. The van der Waals surface area contributed by atoms with E-state index in [1.54, 1.807) is 12.1 Å². The molecule has 2 aromatic rings. The summed E-state index contributed by atoms with van der Waals surface area (Å²) in [6, 6.07) is 5.08. The summed E-state index contributed by atoms with van der Waals surface area (Å²) in [5, 5.41) is 0.859. The Kier molecular flexibility index (Phi) is 3.95. The first-order valence-corrected chi connectivity index (χ1v) is 9.97. The number of benzene rings is 1. The number of carbonyl (C=O) groups excluding carboxylic acids is 2. The molecule has 0 radical (unpaired) electrons. The van der Waals surface area contributed by atoms with Crippen LogP contribution in [0.25, 0.3) is 10.9 Å². The quantitative estimate of drug-likeness (QED) is 0.885. The Labute approximate surface area is 157 Å². The molecule has 1 unspecified atom stereocenters. The third-order valence-electron chi connectivity index (χ3n) is 6.52. The minimum absolute atomic E-state index is 0.0697. The average molecular weight is 369 g/mol. The molecule has 1 aliphatic carbocycles. The van der Waals surface area contributed by atoms with E-state index in [1.165, 1.54) is 18.9 Å². The monoisotopic (exact) mass is 369 g/mol. The number of nitrogens with one attached hydrogen (secondary N) is 1. The van der Waals surface area contributed by atoms with Gasteiger partial charge in [-0.1, -0.05) is 12.8 Å². The number of aromatic amines is 1. The number of likely N-dealkylation sites (tertiary alicyclic amines) is 1. The zero-order chi connectivity index (χ0) is 18.5.